The summed E-state index contributed by atoms with van der Waals surface area (Å²) in [7, 11) is 1.88. The molecule has 1 heterocycles. The van der Waals surface area contributed by atoms with Crippen LogP contribution in [0.3, 0.4) is 0 Å². The van der Waals surface area contributed by atoms with Crippen LogP contribution in [0.5, 0.6) is 0 Å². The van der Waals surface area contributed by atoms with Crippen LogP contribution in [0.4, 0.5) is 5.82 Å². The van der Waals surface area contributed by atoms with Crippen LogP contribution in [0.25, 0.3) is 0 Å². The van der Waals surface area contributed by atoms with Gasteiger partial charge in [-0.2, -0.15) is 5.10 Å². The van der Waals surface area contributed by atoms with Crippen LogP contribution in [0.15, 0.2) is 41.0 Å². The molecule has 1 saturated carbocycles. The van der Waals surface area contributed by atoms with Crippen LogP contribution in [0.2, 0.25) is 0 Å². The van der Waals surface area contributed by atoms with Crippen molar-refractivity contribution < 1.29 is 4.79 Å². The van der Waals surface area contributed by atoms with Crippen molar-refractivity contribution in [1.82, 2.24) is 15.1 Å². The predicted molar refractivity (Wildman–Crippen MR) is 89.8 cm³/mol. The molecule has 1 aliphatic carbocycles. The van der Waals surface area contributed by atoms with E-state index in [1.54, 1.807) is 4.68 Å². The average molecular weight is 363 g/mol. The number of aromatic nitrogens is 2. The molecule has 1 amide bonds. The maximum Gasteiger partial charge on any atom is 0.230 e. The smallest absolute Gasteiger partial charge is 0.230 e. The molecule has 1 aromatic heterocycles. The van der Waals surface area contributed by atoms with E-state index in [-0.39, 0.29) is 11.3 Å². The molecule has 5 nitrogen and oxygen atoms in total. The van der Waals surface area contributed by atoms with Crippen LogP contribution >= 0.6 is 15.9 Å². The van der Waals surface area contributed by atoms with E-state index in [9.17, 15) is 4.79 Å². The minimum absolute atomic E-state index is 0.123. The van der Waals surface area contributed by atoms with Crippen molar-refractivity contribution in [2.75, 3.05) is 18.4 Å². The zero-order valence-corrected chi connectivity index (χ0v) is 14.1. The molecule has 22 heavy (non-hydrogen) atoms. The summed E-state index contributed by atoms with van der Waals surface area (Å²) in [6.45, 7) is 1.26. The van der Waals surface area contributed by atoms with Crippen molar-refractivity contribution in [3.8, 4) is 0 Å². The highest BCUT2D eigenvalue weighted by Gasteiger charge is 2.50. The van der Waals surface area contributed by atoms with E-state index in [1.807, 2.05) is 43.6 Å². The van der Waals surface area contributed by atoms with E-state index < -0.39 is 0 Å². The number of aryl methyl sites for hydroxylation is 1. The van der Waals surface area contributed by atoms with Crippen molar-refractivity contribution in [3.63, 3.8) is 0 Å². The summed E-state index contributed by atoms with van der Waals surface area (Å²) in [6, 6.07) is 9.95. The lowest BCUT2D eigenvalue weighted by molar-refractivity contribution is -0.123. The number of carbonyl (C=O) groups is 1. The molecule has 3 rings (SSSR count). The number of anilines is 1. The fourth-order valence-corrected chi connectivity index (χ4v) is 2.85. The molecule has 116 valence electrons. The fourth-order valence-electron chi connectivity index (χ4n) is 2.59. The molecular formula is C16H19BrN4O. The highest BCUT2D eigenvalue weighted by Crippen LogP contribution is 2.48. The molecule has 1 fully saturated rings. The van der Waals surface area contributed by atoms with Gasteiger partial charge in [0.1, 0.15) is 5.82 Å². The Morgan fingerprint density at radius 1 is 1.27 bits per heavy atom. The quantitative estimate of drug-likeness (QED) is 0.776. The van der Waals surface area contributed by atoms with Gasteiger partial charge in [0.2, 0.25) is 5.91 Å². The normalized spacial score (nSPS) is 15.4. The number of nitrogens with zero attached hydrogens (tertiary/aromatic N) is 2. The summed E-state index contributed by atoms with van der Waals surface area (Å²) in [5, 5.41) is 10.4. The van der Waals surface area contributed by atoms with Gasteiger partial charge < -0.3 is 10.6 Å². The van der Waals surface area contributed by atoms with Gasteiger partial charge in [-0.15, -0.1) is 0 Å². The van der Waals surface area contributed by atoms with Gasteiger partial charge in [0.15, 0.2) is 0 Å². The van der Waals surface area contributed by atoms with Crippen molar-refractivity contribution >= 4 is 27.7 Å². The van der Waals surface area contributed by atoms with Crippen LogP contribution < -0.4 is 10.6 Å². The fraction of sp³-hybridized carbons (Fsp3) is 0.375. The molecule has 1 aromatic carbocycles. The van der Waals surface area contributed by atoms with Gasteiger partial charge in [-0.05, 0) is 30.5 Å². The molecule has 0 unspecified atom stereocenters. The van der Waals surface area contributed by atoms with Gasteiger partial charge in [0.25, 0.3) is 0 Å². The first-order valence-corrected chi connectivity index (χ1v) is 8.17. The summed E-state index contributed by atoms with van der Waals surface area (Å²) in [6.07, 6.45) is 3.73. The van der Waals surface area contributed by atoms with E-state index in [2.05, 4.69) is 31.7 Å². The average Bonchev–Trinajstić information content (AvgIpc) is 3.22. The number of hydrogen-bond donors (Lipinski definition) is 2. The molecule has 0 radical (unpaired) electrons. The monoisotopic (exact) mass is 362 g/mol. The molecule has 0 aliphatic heterocycles. The summed E-state index contributed by atoms with van der Waals surface area (Å²) in [5.41, 5.74) is 0.789. The Morgan fingerprint density at radius 3 is 2.59 bits per heavy atom. The lowest BCUT2D eigenvalue weighted by Crippen LogP contribution is -2.37. The van der Waals surface area contributed by atoms with Crippen LogP contribution in [-0.4, -0.2) is 28.8 Å². The van der Waals surface area contributed by atoms with Gasteiger partial charge in [-0.3, -0.25) is 9.48 Å². The lowest BCUT2D eigenvalue weighted by atomic mass is 9.95. The maximum atomic E-state index is 12.5. The Balaban J connectivity index is 1.50. The van der Waals surface area contributed by atoms with Gasteiger partial charge in [-0.25, -0.2) is 0 Å². The van der Waals surface area contributed by atoms with Crippen LogP contribution in [0.1, 0.15) is 18.4 Å². The van der Waals surface area contributed by atoms with Gasteiger partial charge in [0, 0.05) is 36.9 Å². The van der Waals surface area contributed by atoms with Crippen molar-refractivity contribution in [3.05, 3.63) is 46.6 Å². The molecule has 6 heteroatoms. The van der Waals surface area contributed by atoms with E-state index in [0.29, 0.717) is 13.1 Å². The Hall–Kier alpha value is -1.82. The first-order chi connectivity index (χ1) is 10.6. The Labute approximate surface area is 138 Å². The van der Waals surface area contributed by atoms with Gasteiger partial charge >= 0.3 is 0 Å². The number of benzene rings is 1. The third-order valence-corrected chi connectivity index (χ3v) is 4.54. The molecule has 1 aliphatic rings. The maximum absolute atomic E-state index is 12.5. The number of halogens is 1. The van der Waals surface area contributed by atoms with E-state index in [1.165, 1.54) is 0 Å². The molecule has 0 saturated heterocycles. The summed E-state index contributed by atoms with van der Waals surface area (Å²) < 4.78 is 2.78. The van der Waals surface area contributed by atoms with E-state index >= 15 is 0 Å². The zero-order chi connectivity index (χ0) is 15.6. The molecule has 0 bridgehead atoms. The van der Waals surface area contributed by atoms with E-state index in [0.717, 1.165) is 28.7 Å². The number of nitrogens with one attached hydrogen (secondary N) is 2. The molecule has 2 N–H and O–H groups in total. The summed E-state index contributed by atoms with van der Waals surface area (Å²) in [5.74, 6) is 0.948. The highest BCUT2D eigenvalue weighted by molar-refractivity contribution is 9.10. The summed E-state index contributed by atoms with van der Waals surface area (Å²) >= 11 is 3.43. The van der Waals surface area contributed by atoms with Gasteiger partial charge in [0.05, 0.1) is 5.41 Å². The highest BCUT2D eigenvalue weighted by atomic mass is 79.9. The van der Waals surface area contributed by atoms with Crippen molar-refractivity contribution in [2.24, 2.45) is 7.05 Å². The van der Waals surface area contributed by atoms with E-state index in [4.69, 9.17) is 0 Å². The summed E-state index contributed by atoms with van der Waals surface area (Å²) in [4.78, 5) is 12.5. The second-order valence-corrected chi connectivity index (χ2v) is 6.56. The molecule has 2 aromatic rings. The molecule has 0 atom stereocenters. The molecular weight excluding hydrogens is 344 g/mol. The van der Waals surface area contributed by atoms with Crippen LogP contribution in [-0.2, 0) is 17.3 Å². The Kier molecular flexibility index (Phi) is 4.20. The SMILES string of the molecule is Cn1ccc(NCCNC(=O)C2(c3ccc(Br)cc3)CC2)n1. The number of carbonyl (C=O) groups excluding carboxylic acids is 1. The predicted octanol–water partition coefficient (Wildman–Crippen LogP) is 2.44. The lowest BCUT2D eigenvalue weighted by Gasteiger charge is -2.16. The number of rotatable bonds is 6. The minimum Gasteiger partial charge on any atom is -0.367 e. The Morgan fingerprint density at radius 2 is 2.00 bits per heavy atom. The van der Waals surface area contributed by atoms with Crippen molar-refractivity contribution in [2.45, 2.75) is 18.3 Å². The number of hydrogen-bond acceptors (Lipinski definition) is 3. The standard InChI is InChI=1S/C16H19BrN4O/c1-21-11-6-14(20-21)18-9-10-19-15(22)16(7-8-16)12-2-4-13(17)5-3-12/h2-6,11H,7-10H2,1H3,(H,18,20)(H,19,22). The van der Waals surface area contributed by atoms with Crippen molar-refractivity contribution in [1.29, 1.82) is 0 Å². The molecule has 0 spiro atoms. The van der Waals surface area contributed by atoms with Gasteiger partial charge in [-0.1, -0.05) is 28.1 Å². The second kappa shape index (κ2) is 6.12. The third kappa shape index (κ3) is 3.16. The first-order valence-electron chi connectivity index (χ1n) is 7.38. The zero-order valence-electron chi connectivity index (χ0n) is 12.5. The Bertz CT molecular complexity index is 661. The van der Waals surface area contributed by atoms with Crippen LogP contribution in [0, 0.1) is 0 Å². The topological polar surface area (TPSA) is 59.0 Å². The second-order valence-electron chi connectivity index (χ2n) is 5.65. The first kappa shape index (κ1) is 15.1. The number of amides is 1. The minimum atomic E-state index is -0.314. The third-order valence-electron chi connectivity index (χ3n) is 4.01. The largest absolute Gasteiger partial charge is 0.367 e.